The predicted molar refractivity (Wildman–Crippen MR) is 81.7 cm³/mol. The molecule has 20 heavy (non-hydrogen) atoms. The molecule has 0 aromatic carbocycles. The molecule has 112 valence electrons. The molecule has 1 aliphatic heterocycles. The number of nitrogens with one attached hydrogen (secondary N) is 1. The molecule has 3 unspecified atom stereocenters. The lowest BCUT2D eigenvalue weighted by Gasteiger charge is -2.45. The van der Waals surface area contributed by atoms with E-state index in [0.29, 0.717) is 24.0 Å². The molecule has 1 saturated heterocycles. The molecule has 0 amide bonds. The van der Waals surface area contributed by atoms with E-state index in [1.807, 2.05) is 6.92 Å². The van der Waals surface area contributed by atoms with Crippen LogP contribution in [0, 0.1) is 18.8 Å². The summed E-state index contributed by atoms with van der Waals surface area (Å²) in [5, 5.41) is 3.78. The van der Waals surface area contributed by atoms with Gasteiger partial charge in [-0.2, -0.15) is 0 Å². The first-order chi connectivity index (χ1) is 9.56. The predicted octanol–water partition coefficient (Wildman–Crippen LogP) is 3.36. The van der Waals surface area contributed by atoms with E-state index in [4.69, 9.17) is 4.42 Å². The van der Waals surface area contributed by atoms with Gasteiger partial charge >= 0.3 is 0 Å². The van der Waals surface area contributed by atoms with Crippen LogP contribution in [-0.4, -0.2) is 30.1 Å². The average molecular weight is 276 g/mol. The first kappa shape index (κ1) is 14.2. The van der Waals surface area contributed by atoms with Gasteiger partial charge in [0.25, 0.3) is 0 Å². The molecular weight excluding hydrogens is 248 g/mol. The van der Waals surface area contributed by atoms with E-state index < -0.39 is 0 Å². The molecule has 2 fully saturated rings. The zero-order chi connectivity index (χ0) is 14.3. The highest BCUT2D eigenvalue weighted by atomic mass is 16.3. The molecular formula is C17H28N2O. The molecule has 0 bridgehead atoms. The Morgan fingerprint density at radius 2 is 2.00 bits per heavy atom. The Kier molecular flexibility index (Phi) is 3.91. The summed E-state index contributed by atoms with van der Waals surface area (Å²) >= 11 is 0. The topological polar surface area (TPSA) is 28.4 Å². The van der Waals surface area contributed by atoms with Crippen molar-refractivity contribution < 1.29 is 4.42 Å². The lowest BCUT2D eigenvalue weighted by Crippen LogP contribution is -2.59. The van der Waals surface area contributed by atoms with Gasteiger partial charge in [-0.05, 0) is 50.7 Å². The van der Waals surface area contributed by atoms with Gasteiger partial charge in [-0.15, -0.1) is 0 Å². The molecule has 3 rings (SSSR count). The van der Waals surface area contributed by atoms with E-state index in [0.717, 1.165) is 30.5 Å². The largest absolute Gasteiger partial charge is 0.465 e. The van der Waals surface area contributed by atoms with E-state index in [-0.39, 0.29) is 0 Å². The maximum absolute atomic E-state index is 5.88. The first-order valence-electron chi connectivity index (χ1n) is 8.11. The molecule has 1 N–H and O–H groups in total. The van der Waals surface area contributed by atoms with Crippen LogP contribution in [0.3, 0.4) is 0 Å². The molecule has 1 saturated carbocycles. The Bertz CT molecular complexity index is 450. The van der Waals surface area contributed by atoms with Gasteiger partial charge < -0.3 is 9.73 Å². The zero-order valence-corrected chi connectivity index (χ0v) is 13.2. The quantitative estimate of drug-likeness (QED) is 0.914. The molecule has 3 nitrogen and oxygen atoms in total. The highest BCUT2D eigenvalue weighted by molar-refractivity contribution is 5.11. The summed E-state index contributed by atoms with van der Waals surface area (Å²) in [5.74, 6) is 3.71. The van der Waals surface area contributed by atoms with Crippen LogP contribution in [0.4, 0.5) is 0 Å². The lowest BCUT2D eigenvalue weighted by molar-refractivity contribution is 0.0483. The standard InChI is InChI=1S/C17H28N2O/c1-11(2)16-9-18-15(14-6-7-14)10-19(16)13(4)17-8-5-12(3)20-17/h5,8,11,13-16,18H,6-7,9-10H2,1-4H3. The normalized spacial score (nSPS) is 29.9. The lowest BCUT2D eigenvalue weighted by atomic mass is 9.95. The summed E-state index contributed by atoms with van der Waals surface area (Å²) in [4.78, 5) is 2.67. The third-order valence-electron chi connectivity index (χ3n) is 5.05. The van der Waals surface area contributed by atoms with E-state index >= 15 is 0 Å². The zero-order valence-electron chi connectivity index (χ0n) is 13.2. The smallest absolute Gasteiger partial charge is 0.121 e. The first-order valence-corrected chi connectivity index (χ1v) is 8.11. The summed E-state index contributed by atoms with van der Waals surface area (Å²) < 4.78 is 5.88. The molecule has 0 spiro atoms. The minimum atomic E-state index is 0.374. The van der Waals surface area contributed by atoms with Crippen molar-refractivity contribution in [3.63, 3.8) is 0 Å². The minimum Gasteiger partial charge on any atom is -0.465 e. The summed E-state index contributed by atoms with van der Waals surface area (Å²) in [6.07, 6.45) is 2.82. The molecule has 3 heteroatoms. The van der Waals surface area contributed by atoms with Gasteiger partial charge in [0, 0.05) is 25.2 Å². The van der Waals surface area contributed by atoms with Crippen LogP contribution in [0.5, 0.6) is 0 Å². The van der Waals surface area contributed by atoms with E-state index in [1.54, 1.807) is 0 Å². The Labute approximate surface area is 122 Å². The fraction of sp³-hybridized carbons (Fsp3) is 0.765. The van der Waals surface area contributed by atoms with Crippen LogP contribution in [0.2, 0.25) is 0 Å². The van der Waals surface area contributed by atoms with Crippen molar-refractivity contribution >= 4 is 0 Å². The molecule has 1 aliphatic carbocycles. The fourth-order valence-corrected chi connectivity index (χ4v) is 3.54. The number of furan rings is 1. The van der Waals surface area contributed by atoms with Crippen LogP contribution in [0.15, 0.2) is 16.5 Å². The van der Waals surface area contributed by atoms with Gasteiger partial charge in [0.1, 0.15) is 11.5 Å². The van der Waals surface area contributed by atoms with E-state index in [2.05, 4.69) is 43.1 Å². The third-order valence-corrected chi connectivity index (χ3v) is 5.05. The van der Waals surface area contributed by atoms with Gasteiger partial charge in [-0.3, -0.25) is 4.90 Å². The van der Waals surface area contributed by atoms with Crippen LogP contribution in [0.1, 0.15) is 51.2 Å². The molecule has 2 aliphatic rings. The maximum Gasteiger partial charge on any atom is 0.121 e. The number of hydrogen-bond acceptors (Lipinski definition) is 3. The second-order valence-corrected chi connectivity index (χ2v) is 6.98. The van der Waals surface area contributed by atoms with Crippen molar-refractivity contribution in [2.45, 2.75) is 58.7 Å². The fourth-order valence-electron chi connectivity index (χ4n) is 3.54. The second-order valence-electron chi connectivity index (χ2n) is 6.98. The average Bonchev–Trinajstić information content (AvgIpc) is 3.19. The molecule has 1 aromatic rings. The van der Waals surface area contributed by atoms with Crippen molar-refractivity contribution in [3.8, 4) is 0 Å². The Balaban J connectivity index is 1.77. The van der Waals surface area contributed by atoms with Crippen molar-refractivity contribution in [1.82, 2.24) is 10.2 Å². The van der Waals surface area contributed by atoms with Crippen molar-refractivity contribution in [2.75, 3.05) is 13.1 Å². The van der Waals surface area contributed by atoms with Gasteiger partial charge in [0.2, 0.25) is 0 Å². The monoisotopic (exact) mass is 276 g/mol. The molecule has 2 heterocycles. The molecule has 3 atom stereocenters. The minimum absolute atomic E-state index is 0.374. The highest BCUT2D eigenvalue weighted by Crippen LogP contribution is 2.37. The number of rotatable bonds is 4. The SMILES string of the molecule is Cc1ccc(C(C)N2CC(C3CC3)NCC2C(C)C)o1. The van der Waals surface area contributed by atoms with Crippen LogP contribution < -0.4 is 5.32 Å². The van der Waals surface area contributed by atoms with Gasteiger partial charge in [-0.25, -0.2) is 0 Å². The molecule has 1 aromatic heterocycles. The molecule has 0 radical (unpaired) electrons. The third kappa shape index (κ3) is 2.79. The maximum atomic E-state index is 5.88. The van der Waals surface area contributed by atoms with Crippen molar-refractivity contribution in [1.29, 1.82) is 0 Å². The van der Waals surface area contributed by atoms with Gasteiger partial charge in [0.05, 0.1) is 6.04 Å². The number of piperazine rings is 1. The van der Waals surface area contributed by atoms with Crippen molar-refractivity contribution in [2.24, 2.45) is 11.8 Å². The highest BCUT2D eigenvalue weighted by Gasteiger charge is 2.40. The number of hydrogen-bond donors (Lipinski definition) is 1. The van der Waals surface area contributed by atoms with Crippen LogP contribution in [-0.2, 0) is 0 Å². The second kappa shape index (κ2) is 5.53. The Morgan fingerprint density at radius 3 is 2.55 bits per heavy atom. The van der Waals surface area contributed by atoms with Gasteiger partial charge in [-0.1, -0.05) is 13.8 Å². The van der Waals surface area contributed by atoms with Crippen LogP contribution in [0.25, 0.3) is 0 Å². The van der Waals surface area contributed by atoms with Crippen molar-refractivity contribution in [3.05, 3.63) is 23.7 Å². The van der Waals surface area contributed by atoms with E-state index in [1.165, 1.54) is 12.8 Å². The summed E-state index contributed by atoms with van der Waals surface area (Å²) in [7, 11) is 0. The van der Waals surface area contributed by atoms with Gasteiger partial charge in [0.15, 0.2) is 0 Å². The Hall–Kier alpha value is -0.800. The number of aryl methyl sites for hydroxylation is 1. The number of nitrogens with zero attached hydrogens (tertiary/aromatic N) is 1. The summed E-state index contributed by atoms with van der Waals surface area (Å²) in [5.41, 5.74) is 0. The summed E-state index contributed by atoms with van der Waals surface area (Å²) in [6.45, 7) is 11.3. The summed E-state index contributed by atoms with van der Waals surface area (Å²) in [6, 6.07) is 5.89. The van der Waals surface area contributed by atoms with E-state index in [9.17, 15) is 0 Å². The Morgan fingerprint density at radius 1 is 1.25 bits per heavy atom. The van der Waals surface area contributed by atoms with Crippen LogP contribution >= 0.6 is 0 Å².